The molecule has 0 aromatic heterocycles. The van der Waals surface area contributed by atoms with Crippen LogP contribution in [-0.4, -0.2) is 0 Å². The summed E-state index contributed by atoms with van der Waals surface area (Å²) in [6, 6.07) is 8.82. The maximum atomic E-state index is 5.64. The van der Waals surface area contributed by atoms with Crippen LogP contribution < -0.4 is 5.73 Å². The maximum Gasteiger partial charge on any atom is 0.0178 e. The summed E-state index contributed by atoms with van der Waals surface area (Å²) in [4.78, 5) is 0. The summed E-state index contributed by atoms with van der Waals surface area (Å²) in [5.41, 5.74) is 8.68. The molecule has 0 aliphatic carbocycles. The second kappa shape index (κ2) is 5.68. The van der Waals surface area contributed by atoms with Crippen molar-refractivity contribution in [2.45, 2.75) is 53.5 Å². The average molecular weight is 233 g/mol. The third-order valence-electron chi connectivity index (χ3n) is 3.28. The fraction of sp³-hybridized carbons (Fsp3) is 0.625. The molecule has 0 aliphatic rings. The van der Waals surface area contributed by atoms with Crippen molar-refractivity contribution in [3.8, 4) is 0 Å². The molecule has 0 saturated heterocycles. The van der Waals surface area contributed by atoms with Gasteiger partial charge in [-0.15, -0.1) is 0 Å². The molecule has 1 aromatic rings. The first kappa shape index (κ1) is 14.2. The van der Waals surface area contributed by atoms with Crippen LogP contribution in [0.4, 0.5) is 0 Å². The van der Waals surface area contributed by atoms with Crippen LogP contribution >= 0.6 is 0 Å². The van der Waals surface area contributed by atoms with E-state index in [-0.39, 0.29) is 0 Å². The molecule has 0 bridgehead atoms. The van der Waals surface area contributed by atoms with Crippen LogP contribution in [0.1, 0.15) is 58.1 Å². The normalized spacial score (nSPS) is 14.1. The van der Waals surface area contributed by atoms with Crippen molar-refractivity contribution in [1.29, 1.82) is 0 Å². The Morgan fingerprint density at radius 2 is 1.59 bits per heavy atom. The van der Waals surface area contributed by atoms with Crippen LogP contribution in [0.3, 0.4) is 0 Å². The van der Waals surface area contributed by atoms with Gasteiger partial charge in [0.25, 0.3) is 0 Å². The van der Waals surface area contributed by atoms with Crippen LogP contribution in [0.15, 0.2) is 24.3 Å². The number of benzene rings is 1. The van der Waals surface area contributed by atoms with Crippen molar-refractivity contribution in [3.05, 3.63) is 35.4 Å². The molecule has 0 heterocycles. The third kappa shape index (κ3) is 4.51. The van der Waals surface area contributed by atoms with Gasteiger partial charge in [-0.3, -0.25) is 0 Å². The van der Waals surface area contributed by atoms with Crippen molar-refractivity contribution < 1.29 is 0 Å². The molecule has 1 aromatic carbocycles. The van der Waals surface area contributed by atoms with Crippen LogP contribution in [0.25, 0.3) is 0 Å². The second-order valence-corrected chi connectivity index (χ2v) is 6.56. The minimum Gasteiger partial charge on any atom is -0.326 e. The summed E-state index contributed by atoms with van der Waals surface area (Å²) in [6.45, 7) is 12.2. The molecule has 17 heavy (non-hydrogen) atoms. The van der Waals surface area contributed by atoms with Gasteiger partial charge in [-0.2, -0.15) is 0 Å². The largest absolute Gasteiger partial charge is 0.326 e. The molecule has 96 valence electrons. The molecule has 0 aliphatic heterocycles. The molecule has 1 unspecified atom stereocenters. The fourth-order valence-electron chi connectivity index (χ4n) is 2.30. The minimum atomic E-state index is 0.376. The highest BCUT2D eigenvalue weighted by Gasteiger charge is 2.22. The Kier molecular flexibility index (Phi) is 4.76. The summed E-state index contributed by atoms with van der Waals surface area (Å²) >= 11 is 0. The number of nitrogens with two attached hydrogens (primary N) is 1. The van der Waals surface area contributed by atoms with Gasteiger partial charge in [-0.05, 0) is 34.8 Å². The zero-order chi connectivity index (χ0) is 13.1. The smallest absolute Gasteiger partial charge is 0.0178 e. The van der Waals surface area contributed by atoms with Gasteiger partial charge in [0.05, 0.1) is 0 Å². The standard InChI is InChI=1S/C16H27N/c1-12(2)15(10-16(3,4)5)14-8-6-13(11-17)7-9-14/h6-9,12,15H,10-11,17H2,1-5H3. The Hall–Kier alpha value is -0.820. The van der Waals surface area contributed by atoms with Crippen molar-refractivity contribution >= 4 is 0 Å². The SMILES string of the molecule is CC(C)C(CC(C)(C)C)c1ccc(CN)cc1. The first-order chi connectivity index (χ1) is 7.83. The van der Waals surface area contributed by atoms with Gasteiger partial charge in [0.1, 0.15) is 0 Å². The molecule has 0 spiro atoms. The van der Waals surface area contributed by atoms with Crippen LogP contribution in [-0.2, 0) is 6.54 Å². The van der Waals surface area contributed by atoms with Gasteiger partial charge in [0, 0.05) is 6.54 Å². The Morgan fingerprint density at radius 1 is 1.06 bits per heavy atom. The molecule has 0 radical (unpaired) electrons. The molecular formula is C16H27N. The molecule has 1 atom stereocenters. The van der Waals surface area contributed by atoms with Crippen molar-refractivity contribution in [2.75, 3.05) is 0 Å². The maximum absolute atomic E-state index is 5.64. The first-order valence-electron chi connectivity index (χ1n) is 6.62. The van der Waals surface area contributed by atoms with Crippen LogP contribution in [0.2, 0.25) is 0 Å². The topological polar surface area (TPSA) is 26.0 Å². The van der Waals surface area contributed by atoms with Gasteiger partial charge >= 0.3 is 0 Å². The fourth-order valence-corrected chi connectivity index (χ4v) is 2.30. The van der Waals surface area contributed by atoms with E-state index in [4.69, 9.17) is 5.73 Å². The molecule has 2 N–H and O–H groups in total. The predicted molar refractivity (Wildman–Crippen MR) is 76.0 cm³/mol. The molecular weight excluding hydrogens is 206 g/mol. The van der Waals surface area contributed by atoms with Crippen molar-refractivity contribution in [3.63, 3.8) is 0 Å². The predicted octanol–water partition coefficient (Wildman–Crippen LogP) is 4.32. The Labute approximate surface area is 106 Å². The summed E-state index contributed by atoms with van der Waals surface area (Å²) < 4.78 is 0. The summed E-state index contributed by atoms with van der Waals surface area (Å²) in [7, 11) is 0. The van der Waals surface area contributed by atoms with Gasteiger partial charge < -0.3 is 5.73 Å². The molecule has 0 saturated carbocycles. The zero-order valence-electron chi connectivity index (χ0n) is 12.0. The van der Waals surface area contributed by atoms with E-state index in [0.29, 0.717) is 23.8 Å². The number of hydrogen-bond acceptors (Lipinski definition) is 1. The van der Waals surface area contributed by atoms with Crippen molar-refractivity contribution in [2.24, 2.45) is 17.1 Å². The quantitative estimate of drug-likeness (QED) is 0.823. The van der Waals surface area contributed by atoms with E-state index < -0.39 is 0 Å². The lowest BCUT2D eigenvalue weighted by Gasteiger charge is -2.29. The van der Waals surface area contributed by atoms with E-state index in [1.54, 1.807) is 0 Å². The third-order valence-corrected chi connectivity index (χ3v) is 3.28. The minimum absolute atomic E-state index is 0.376. The van der Waals surface area contributed by atoms with Crippen LogP contribution in [0.5, 0.6) is 0 Å². The van der Waals surface area contributed by atoms with E-state index >= 15 is 0 Å². The Balaban J connectivity index is 2.89. The zero-order valence-corrected chi connectivity index (χ0v) is 12.0. The van der Waals surface area contributed by atoms with E-state index in [9.17, 15) is 0 Å². The Bertz CT molecular complexity index is 330. The average Bonchev–Trinajstić information content (AvgIpc) is 2.25. The van der Waals surface area contributed by atoms with Gasteiger partial charge in [0.2, 0.25) is 0 Å². The molecule has 0 amide bonds. The lowest BCUT2D eigenvalue weighted by atomic mass is 9.76. The van der Waals surface area contributed by atoms with E-state index in [1.807, 2.05) is 0 Å². The van der Waals surface area contributed by atoms with Gasteiger partial charge in [-0.25, -0.2) is 0 Å². The molecule has 1 rings (SSSR count). The van der Waals surface area contributed by atoms with E-state index in [0.717, 1.165) is 0 Å². The second-order valence-electron chi connectivity index (χ2n) is 6.56. The number of rotatable bonds is 4. The highest BCUT2D eigenvalue weighted by atomic mass is 14.5. The van der Waals surface area contributed by atoms with Gasteiger partial charge in [-0.1, -0.05) is 58.9 Å². The monoisotopic (exact) mass is 233 g/mol. The first-order valence-corrected chi connectivity index (χ1v) is 6.62. The summed E-state index contributed by atoms with van der Waals surface area (Å²) in [5.74, 6) is 1.32. The Morgan fingerprint density at radius 3 is 1.94 bits per heavy atom. The number of hydrogen-bond donors (Lipinski definition) is 1. The van der Waals surface area contributed by atoms with Gasteiger partial charge in [0.15, 0.2) is 0 Å². The van der Waals surface area contributed by atoms with E-state index in [2.05, 4.69) is 58.9 Å². The summed E-state index contributed by atoms with van der Waals surface area (Å²) in [6.07, 6.45) is 1.23. The summed E-state index contributed by atoms with van der Waals surface area (Å²) in [5, 5.41) is 0. The molecule has 0 fully saturated rings. The lowest BCUT2D eigenvalue weighted by molar-refractivity contribution is 0.301. The highest BCUT2D eigenvalue weighted by Crippen LogP contribution is 2.36. The highest BCUT2D eigenvalue weighted by molar-refractivity contribution is 5.26. The molecule has 1 heteroatoms. The lowest BCUT2D eigenvalue weighted by Crippen LogP contribution is -2.16. The van der Waals surface area contributed by atoms with Crippen molar-refractivity contribution in [1.82, 2.24) is 0 Å². The molecule has 1 nitrogen and oxygen atoms in total. The van der Waals surface area contributed by atoms with Crippen LogP contribution in [0, 0.1) is 11.3 Å². The van der Waals surface area contributed by atoms with E-state index in [1.165, 1.54) is 17.5 Å².